The molecule has 3 heterocycles. The average molecular weight is 584 g/mol. The van der Waals surface area contributed by atoms with Gasteiger partial charge in [0.25, 0.3) is 5.91 Å². The van der Waals surface area contributed by atoms with Crippen LogP contribution in [0, 0.1) is 5.92 Å². The number of nitrogens with zero attached hydrogens (tertiary/aromatic N) is 5. The van der Waals surface area contributed by atoms with Crippen LogP contribution in [0.2, 0.25) is 0 Å². The first-order chi connectivity index (χ1) is 16.9. The third-order valence-corrected chi connectivity index (χ3v) is 7.86. The number of benzene rings is 1. The number of nitrogens with one attached hydrogen (secondary N) is 1. The van der Waals surface area contributed by atoms with E-state index in [0.29, 0.717) is 32.8 Å². The molecule has 0 aliphatic heterocycles. The van der Waals surface area contributed by atoms with Crippen molar-refractivity contribution in [1.82, 2.24) is 24.5 Å². The van der Waals surface area contributed by atoms with Gasteiger partial charge < -0.3 is 10.1 Å². The molecule has 8 nitrogen and oxygen atoms in total. The summed E-state index contributed by atoms with van der Waals surface area (Å²) in [5.41, 5.74) is 3.34. The first-order valence-corrected chi connectivity index (χ1v) is 13.1. The molecule has 1 saturated carbocycles. The number of halogens is 1. The summed E-state index contributed by atoms with van der Waals surface area (Å²) in [5, 5.41) is 13.0. The summed E-state index contributed by atoms with van der Waals surface area (Å²) in [6, 6.07) is 9.62. The molecule has 1 unspecified atom stereocenters. The minimum absolute atomic E-state index is 0.299. The molecule has 0 spiro atoms. The van der Waals surface area contributed by atoms with E-state index in [-0.39, 0.29) is 5.91 Å². The van der Waals surface area contributed by atoms with Crippen molar-refractivity contribution in [1.29, 1.82) is 0 Å². The minimum atomic E-state index is -0.299. The molecule has 5 rings (SSSR count). The number of amides is 1. The number of carbonyl (C=O) groups is 1. The summed E-state index contributed by atoms with van der Waals surface area (Å²) in [5.74, 6) is 1.07. The van der Waals surface area contributed by atoms with E-state index in [9.17, 15) is 4.79 Å². The molecule has 3 aromatic heterocycles. The van der Waals surface area contributed by atoms with Gasteiger partial charge in [0.2, 0.25) is 0 Å². The first kappa shape index (κ1) is 23.8. The number of aromatic nitrogens is 5. The lowest BCUT2D eigenvalue weighted by Crippen LogP contribution is -2.22. The monoisotopic (exact) mass is 584 g/mol. The van der Waals surface area contributed by atoms with Gasteiger partial charge >= 0.3 is 0 Å². The number of pyridine rings is 1. The Morgan fingerprint density at radius 3 is 2.69 bits per heavy atom. The third-order valence-electron chi connectivity index (χ3n) is 6.84. The molecule has 1 N–H and O–H groups in total. The van der Waals surface area contributed by atoms with E-state index in [0.717, 1.165) is 35.2 Å². The molecular weight excluding hydrogens is 555 g/mol. The predicted molar refractivity (Wildman–Crippen MR) is 145 cm³/mol. The molecular formula is C26H29IN6O2. The molecule has 1 aliphatic rings. The maximum atomic E-state index is 13.1. The fourth-order valence-electron chi connectivity index (χ4n) is 4.81. The molecule has 1 aliphatic carbocycles. The van der Waals surface area contributed by atoms with E-state index >= 15 is 0 Å². The molecule has 9 heteroatoms. The van der Waals surface area contributed by atoms with Crippen LogP contribution in [0.3, 0.4) is 0 Å². The molecule has 0 bridgehead atoms. The van der Waals surface area contributed by atoms with E-state index in [4.69, 9.17) is 9.84 Å². The van der Waals surface area contributed by atoms with Crippen LogP contribution in [0.25, 0.3) is 22.2 Å². The number of carbonyl (C=O) groups excluding carboxylic acids is 1. The number of rotatable bonds is 6. The number of aryl methyl sites for hydroxylation is 1. The summed E-state index contributed by atoms with van der Waals surface area (Å²) >= 11 is 2.55. The third kappa shape index (κ3) is 5.05. The lowest BCUT2D eigenvalue weighted by molar-refractivity contribution is 0.102. The fraction of sp³-hybridized carbons (Fsp3) is 0.385. The van der Waals surface area contributed by atoms with Crippen LogP contribution >= 0.6 is 22.6 Å². The van der Waals surface area contributed by atoms with Gasteiger partial charge in [-0.25, -0.2) is 4.98 Å². The van der Waals surface area contributed by atoms with Gasteiger partial charge in [-0.15, -0.1) is 0 Å². The summed E-state index contributed by atoms with van der Waals surface area (Å²) in [6.45, 7) is 2.31. The molecule has 182 valence electrons. The van der Waals surface area contributed by atoms with Crippen molar-refractivity contribution >= 4 is 45.1 Å². The Bertz CT molecular complexity index is 1350. The molecule has 35 heavy (non-hydrogen) atoms. The lowest BCUT2D eigenvalue weighted by atomic mass is 9.84. The van der Waals surface area contributed by atoms with Crippen molar-refractivity contribution in [3.05, 3.63) is 54.6 Å². The number of methoxy groups -OCH3 is 1. The van der Waals surface area contributed by atoms with Crippen molar-refractivity contribution in [2.24, 2.45) is 13.0 Å². The highest BCUT2D eigenvalue weighted by Crippen LogP contribution is 2.37. The topological polar surface area (TPSA) is 86.9 Å². The molecule has 1 atom stereocenters. The Morgan fingerprint density at radius 1 is 1.20 bits per heavy atom. The highest BCUT2D eigenvalue weighted by atomic mass is 127. The van der Waals surface area contributed by atoms with Crippen LogP contribution in [0.4, 0.5) is 5.69 Å². The van der Waals surface area contributed by atoms with Gasteiger partial charge in [0.1, 0.15) is 11.4 Å². The number of hydrogen-bond acceptors (Lipinski definition) is 5. The van der Waals surface area contributed by atoms with E-state index in [2.05, 4.69) is 55.8 Å². The number of anilines is 1. The Morgan fingerprint density at radius 2 is 2.00 bits per heavy atom. The average Bonchev–Trinajstić information content (AvgIpc) is 3.49. The normalized spacial score (nSPS) is 19.0. The second kappa shape index (κ2) is 9.96. The van der Waals surface area contributed by atoms with Crippen molar-refractivity contribution in [2.75, 3.05) is 12.4 Å². The minimum Gasteiger partial charge on any atom is -0.494 e. The SMILES string of the molecule is COc1cc2nn(C3CCC(C(C)I)CC3)cc2cc1NC(=O)c1cccc(-c2cnn(C)c2)n1. The predicted octanol–water partition coefficient (Wildman–Crippen LogP) is 5.65. The first-order valence-electron chi connectivity index (χ1n) is 11.9. The number of hydrogen-bond donors (Lipinski definition) is 1. The lowest BCUT2D eigenvalue weighted by Gasteiger charge is -2.30. The van der Waals surface area contributed by atoms with Crippen LogP contribution < -0.4 is 10.1 Å². The summed E-state index contributed by atoms with van der Waals surface area (Å²) in [6.07, 6.45) is 10.4. The smallest absolute Gasteiger partial charge is 0.274 e. The maximum Gasteiger partial charge on any atom is 0.274 e. The van der Waals surface area contributed by atoms with Gasteiger partial charge in [0, 0.05) is 40.4 Å². The number of fused-ring (bicyclic) bond motifs is 1. The van der Waals surface area contributed by atoms with E-state index in [1.54, 1.807) is 24.1 Å². The van der Waals surface area contributed by atoms with Crippen LogP contribution in [0.5, 0.6) is 5.75 Å². The quantitative estimate of drug-likeness (QED) is 0.234. The molecule has 1 fully saturated rings. The molecule has 1 aromatic carbocycles. The van der Waals surface area contributed by atoms with Gasteiger partial charge in [0.15, 0.2) is 0 Å². The maximum absolute atomic E-state index is 13.1. The van der Waals surface area contributed by atoms with Crippen molar-refractivity contribution in [3.63, 3.8) is 0 Å². The van der Waals surface area contributed by atoms with E-state index < -0.39 is 0 Å². The van der Waals surface area contributed by atoms with Crippen molar-refractivity contribution in [3.8, 4) is 17.0 Å². The second-order valence-electron chi connectivity index (χ2n) is 9.23. The largest absolute Gasteiger partial charge is 0.494 e. The molecule has 1 amide bonds. The van der Waals surface area contributed by atoms with Gasteiger partial charge in [-0.3, -0.25) is 14.2 Å². The standard InChI is InChI=1S/C26H29IN6O2/c1-16(27)17-7-9-20(10-8-17)33-15-18-11-24(25(35-3)12-23(18)31-33)30-26(34)22-6-4-5-21(29-22)19-13-28-32(2)14-19/h4-6,11-17,20H,7-10H2,1-3H3,(H,30,34). The van der Waals surface area contributed by atoms with Crippen LogP contribution in [0.15, 0.2) is 48.9 Å². The second-order valence-corrected chi connectivity index (χ2v) is 11.2. The molecule has 0 saturated heterocycles. The van der Waals surface area contributed by atoms with Crippen molar-refractivity contribution in [2.45, 2.75) is 42.6 Å². The van der Waals surface area contributed by atoms with Crippen LogP contribution in [-0.2, 0) is 7.05 Å². The Kier molecular flexibility index (Phi) is 6.77. The zero-order chi connectivity index (χ0) is 24.5. The highest BCUT2D eigenvalue weighted by Gasteiger charge is 2.26. The Hall–Kier alpha value is -2.95. The van der Waals surface area contributed by atoms with E-state index in [1.165, 1.54) is 12.8 Å². The zero-order valence-corrected chi connectivity index (χ0v) is 22.3. The molecule has 0 radical (unpaired) electrons. The van der Waals surface area contributed by atoms with Gasteiger partial charge in [-0.05, 0) is 49.8 Å². The van der Waals surface area contributed by atoms with Crippen LogP contribution in [-0.4, -0.2) is 41.5 Å². The summed E-state index contributed by atoms with van der Waals surface area (Å²) in [7, 11) is 3.45. The highest BCUT2D eigenvalue weighted by molar-refractivity contribution is 14.1. The van der Waals surface area contributed by atoms with Crippen molar-refractivity contribution < 1.29 is 9.53 Å². The van der Waals surface area contributed by atoms with Gasteiger partial charge in [0.05, 0.1) is 36.2 Å². The summed E-state index contributed by atoms with van der Waals surface area (Å²) < 4.78 is 10.1. The zero-order valence-electron chi connectivity index (χ0n) is 20.1. The van der Waals surface area contributed by atoms with E-state index in [1.807, 2.05) is 37.5 Å². The Labute approximate surface area is 218 Å². The number of ether oxygens (including phenoxy) is 1. The van der Waals surface area contributed by atoms with Crippen LogP contribution in [0.1, 0.15) is 49.1 Å². The fourth-order valence-corrected chi connectivity index (χ4v) is 5.53. The Balaban J connectivity index is 1.37. The number of alkyl halides is 1. The summed E-state index contributed by atoms with van der Waals surface area (Å²) in [4.78, 5) is 17.6. The molecule has 4 aromatic rings. The van der Waals surface area contributed by atoms with Gasteiger partial charge in [-0.2, -0.15) is 10.2 Å². The van der Waals surface area contributed by atoms with Gasteiger partial charge in [-0.1, -0.05) is 35.6 Å².